The first kappa shape index (κ1) is 14.9. The molecular weight excluding hydrogens is 262 g/mol. The van der Waals surface area contributed by atoms with Gasteiger partial charge in [-0.05, 0) is 18.2 Å². The van der Waals surface area contributed by atoms with E-state index in [0.29, 0.717) is 13.1 Å². The summed E-state index contributed by atoms with van der Waals surface area (Å²) in [5, 5.41) is 3.13. The minimum Gasteiger partial charge on any atom is -0.340 e. The summed E-state index contributed by atoms with van der Waals surface area (Å²) in [5.41, 5.74) is 0.119. The number of hydrogen-bond donors (Lipinski definition) is 1. The van der Waals surface area contributed by atoms with E-state index in [2.05, 4.69) is 5.32 Å². The lowest BCUT2D eigenvalue weighted by Gasteiger charge is -2.27. The first-order chi connectivity index (χ1) is 8.16. The number of nitrogens with zero attached hydrogens (tertiary/aromatic N) is 1. The van der Waals surface area contributed by atoms with Crippen molar-refractivity contribution in [2.24, 2.45) is 0 Å². The van der Waals surface area contributed by atoms with Crippen LogP contribution >= 0.6 is 12.4 Å². The van der Waals surface area contributed by atoms with Crippen LogP contribution in [0, 0.1) is 11.6 Å². The van der Waals surface area contributed by atoms with Crippen molar-refractivity contribution in [3.63, 3.8) is 0 Å². The zero-order chi connectivity index (χ0) is 12.3. The van der Waals surface area contributed by atoms with Crippen LogP contribution in [-0.2, 0) is 11.2 Å². The van der Waals surface area contributed by atoms with Crippen molar-refractivity contribution < 1.29 is 13.6 Å². The van der Waals surface area contributed by atoms with E-state index in [1.807, 2.05) is 0 Å². The monoisotopic (exact) mass is 276 g/mol. The Hall–Kier alpha value is -1.20. The smallest absolute Gasteiger partial charge is 0.227 e. The van der Waals surface area contributed by atoms with E-state index in [0.717, 1.165) is 31.3 Å². The van der Waals surface area contributed by atoms with Crippen LogP contribution in [0.4, 0.5) is 8.78 Å². The number of nitrogens with one attached hydrogen (secondary N) is 1. The van der Waals surface area contributed by atoms with Crippen LogP contribution in [0.2, 0.25) is 0 Å². The van der Waals surface area contributed by atoms with Crippen LogP contribution < -0.4 is 5.32 Å². The van der Waals surface area contributed by atoms with Gasteiger partial charge in [0, 0.05) is 31.7 Å². The molecule has 3 nitrogen and oxygen atoms in total. The van der Waals surface area contributed by atoms with Crippen molar-refractivity contribution in [1.82, 2.24) is 10.2 Å². The maximum atomic E-state index is 13.3. The summed E-state index contributed by atoms with van der Waals surface area (Å²) in [6, 6.07) is 3.18. The zero-order valence-electron chi connectivity index (χ0n) is 9.79. The zero-order valence-corrected chi connectivity index (χ0v) is 10.6. The summed E-state index contributed by atoms with van der Waals surface area (Å²) in [6.45, 7) is 2.74. The van der Waals surface area contributed by atoms with Gasteiger partial charge in [-0.15, -0.1) is 12.4 Å². The molecule has 0 bridgehead atoms. The highest BCUT2D eigenvalue weighted by Gasteiger charge is 2.18. The van der Waals surface area contributed by atoms with Crippen molar-refractivity contribution in [2.75, 3.05) is 26.2 Å². The Morgan fingerprint density at radius 2 is 1.94 bits per heavy atom. The van der Waals surface area contributed by atoms with Crippen molar-refractivity contribution in [2.45, 2.75) is 6.42 Å². The van der Waals surface area contributed by atoms with Crippen LogP contribution in [0.3, 0.4) is 0 Å². The summed E-state index contributed by atoms with van der Waals surface area (Å²) < 4.78 is 26.3. The molecule has 0 unspecified atom stereocenters. The molecule has 1 N–H and O–H groups in total. The van der Waals surface area contributed by atoms with Gasteiger partial charge in [0.15, 0.2) is 0 Å². The van der Waals surface area contributed by atoms with Gasteiger partial charge in [-0.3, -0.25) is 4.79 Å². The lowest BCUT2D eigenvalue weighted by Crippen LogP contribution is -2.47. The summed E-state index contributed by atoms with van der Waals surface area (Å²) >= 11 is 0. The molecule has 0 spiro atoms. The Morgan fingerprint density at radius 1 is 1.28 bits per heavy atom. The van der Waals surface area contributed by atoms with Gasteiger partial charge in [-0.25, -0.2) is 8.78 Å². The molecule has 1 saturated heterocycles. The average Bonchev–Trinajstić information content (AvgIpc) is 2.35. The van der Waals surface area contributed by atoms with Crippen molar-refractivity contribution >= 4 is 18.3 Å². The van der Waals surface area contributed by atoms with E-state index in [1.54, 1.807) is 4.90 Å². The van der Waals surface area contributed by atoms with E-state index in [1.165, 1.54) is 0 Å². The molecule has 1 aromatic carbocycles. The van der Waals surface area contributed by atoms with Crippen LogP contribution in [0.5, 0.6) is 0 Å². The van der Waals surface area contributed by atoms with Crippen molar-refractivity contribution in [3.05, 3.63) is 35.4 Å². The normalized spacial score (nSPS) is 15.1. The molecule has 1 heterocycles. The number of halogens is 3. The number of rotatable bonds is 2. The summed E-state index contributed by atoms with van der Waals surface area (Å²) in [7, 11) is 0. The topological polar surface area (TPSA) is 32.3 Å². The van der Waals surface area contributed by atoms with Gasteiger partial charge in [0.2, 0.25) is 5.91 Å². The number of hydrogen-bond acceptors (Lipinski definition) is 2. The molecule has 0 aliphatic carbocycles. The molecule has 0 radical (unpaired) electrons. The highest BCUT2D eigenvalue weighted by Crippen LogP contribution is 2.11. The largest absolute Gasteiger partial charge is 0.340 e. The second-order valence-corrected chi connectivity index (χ2v) is 4.04. The number of piperazine rings is 1. The van der Waals surface area contributed by atoms with E-state index < -0.39 is 11.6 Å². The molecule has 0 saturated carbocycles. The summed E-state index contributed by atoms with van der Waals surface area (Å²) in [5.74, 6) is -1.21. The molecule has 2 rings (SSSR count). The van der Waals surface area contributed by atoms with Crippen LogP contribution in [0.25, 0.3) is 0 Å². The predicted molar refractivity (Wildman–Crippen MR) is 66.8 cm³/mol. The first-order valence-electron chi connectivity index (χ1n) is 5.59. The van der Waals surface area contributed by atoms with Gasteiger partial charge in [-0.1, -0.05) is 0 Å². The highest BCUT2D eigenvalue weighted by atomic mass is 35.5. The van der Waals surface area contributed by atoms with Gasteiger partial charge in [0.05, 0.1) is 6.42 Å². The SMILES string of the molecule is Cl.O=C(Cc1cc(F)ccc1F)N1CCNCC1. The Balaban J connectivity index is 0.00000162. The van der Waals surface area contributed by atoms with E-state index in [-0.39, 0.29) is 30.3 Å². The molecule has 18 heavy (non-hydrogen) atoms. The number of amides is 1. The third kappa shape index (κ3) is 3.65. The van der Waals surface area contributed by atoms with Gasteiger partial charge >= 0.3 is 0 Å². The molecule has 6 heteroatoms. The van der Waals surface area contributed by atoms with E-state index >= 15 is 0 Å². The molecule has 1 fully saturated rings. The highest BCUT2D eigenvalue weighted by molar-refractivity contribution is 5.85. The van der Waals surface area contributed by atoms with Gasteiger partial charge < -0.3 is 10.2 Å². The quantitative estimate of drug-likeness (QED) is 0.885. The van der Waals surface area contributed by atoms with Crippen LogP contribution in [-0.4, -0.2) is 37.0 Å². The number of carbonyl (C=O) groups is 1. The standard InChI is InChI=1S/C12H14F2N2O.ClH/c13-10-1-2-11(14)9(7-10)8-12(17)16-5-3-15-4-6-16;/h1-2,7,15H,3-6,8H2;1H. The maximum Gasteiger partial charge on any atom is 0.227 e. The molecule has 0 atom stereocenters. The average molecular weight is 277 g/mol. The lowest BCUT2D eigenvalue weighted by atomic mass is 10.1. The van der Waals surface area contributed by atoms with Gasteiger partial charge in [0.25, 0.3) is 0 Å². The Labute approximate surface area is 111 Å². The molecule has 1 amide bonds. The second kappa shape index (κ2) is 6.66. The Morgan fingerprint density at radius 3 is 2.61 bits per heavy atom. The molecule has 0 aromatic heterocycles. The van der Waals surface area contributed by atoms with Crippen LogP contribution in [0.15, 0.2) is 18.2 Å². The molecule has 1 aromatic rings. The predicted octanol–water partition coefficient (Wildman–Crippen LogP) is 1.36. The fourth-order valence-corrected chi connectivity index (χ4v) is 1.87. The first-order valence-corrected chi connectivity index (χ1v) is 5.59. The third-order valence-corrected chi connectivity index (χ3v) is 2.82. The minimum absolute atomic E-state index is 0. The van der Waals surface area contributed by atoms with Gasteiger partial charge in [0.1, 0.15) is 11.6 Å². The molecule has 1 aliphatic heterocycles. The second-order valence-electron chi connectivity index (χ2n) is 4.04. The third-order valence-electron chi connectivity index (χ3n) is 2.82. The Kier molecular flexibility index (Phi) is 5.50. The van der Waals surface area contributed by atoms with E-state index in [9.17, 15) is 13.6 Å². The lowest BCUT2D eigenvalue weighted by molar-refractivity contribution is -0.131. The van der Waals surface area contributed by atoms with Gasteiger partial charge in [-0.2, -0.15) is 0 Å². The summed E-state index contributed by atoms with van der Waals surface area (Å²) in [6.07, 6.45) is -0.0798. The maximum absolute atomic E-state index is 13.3. The fourth-order valence-electron chi connectivity index (χ4n) is 1.87. The Bertz CT molecular complexity index is 423. The summed E-state index contributed by atoms with van der Waals surface area (Å²) in [4.78, 5) is 13.5. The number of benzene rings is 1. The molecule has 100 valence electrons. The molecule has 1 aliphatic rings. The van der Waals surface area contributed by atoms with E-state index in [4.69, 9.17) is 0 Å². The minimum atomic E-state index is -0.533. The molecular formula is C12H15ClF2N2O. The van der Waals surface area contributed by atoms with Crippen molar-refractivity contribution in [3.8, 4) is 0 Å². The fraction of sp³-hybridized carbons (Fsp3) is 0.417. The number of carbonyl (C=O) groups excluding carboxylic acids is 1. The van der Waals surface area contributed by atoms with Crippen LogP contribution in [0.1, 0.15) is 5.56 Å². The van der Waals surface area contributed by atoms with Crippen molar-refractivity contribution in [1.29, 1.82) is 0 Å².